The van der Waals surface area contributed by atoms with Gasteiger partial charge < -0.3 is 15.8 Å². The van der Waals surface area contributed by atoms with E-state index in [1.165, 1.54) is 0 Å². The van der Waals surface area contributed by atoms with Gasteiger partial charge in [0.2, 0.25) is 0 Å². The second kappa shape index (κ2) is 7.50. The highest BCUT2D eigenvalue weighted by atomic mass is 16.5. The molecule has 4 nitrogen and oxygen atoms in total. The molecule has 1 unspecified atom stereocenters. The first-order chi connectivity index (χ1) is 10.7. The van der Waals surface area contributed by atoms with Gasteiger partial charge in [-0.1, -0.05) is 25.1 Å². The molecule has 0 radical (unpaired) electrons. The molecule has 0 aromatic heterocycles. The summed E-state index contributed by atoms with van der Waals surface area (Å²) in [6.45, 7) is 4.58. The minimum Gasteiger partial charge on any atom is -0.494 e. The maximum Gasteiger partial charge on any atom is 0.251 e. The van der Waals surface area contributed by atoms with Gasteiger partial charge in [-0.2, -0.15) is 0 Å². The van der Waals surface area contributed by atoms with Gasteiger partial charge in [-0.3, -0.25) is 4.79 Å². The summed E-state index contributed by atoms with van der Waals surface area (Å²) in [7, 11) is 0. The number of carbonyl (C=O) groups is 1. The number of nitrogens with one attached hydrogen (secondary N) is 1. The molecule has 2 aromatic carbocycles. The van der Waals surface area contributed by atoms with Crippen LogP contribution < -0.4 is 15.8 Å². The highest BCUT2D eigenvalue weighted by molar-refractivity contribution is 5.94. The minimum absolute atomic E-state index is 0.0900. The van der Waals surface area contributed by atoms with Gasteiger partial charge in [-0.15, -0.1) is 0 Å². The molecule has 0 spiro atoms. The predicted molar refractivity (Wildman–Crippen MR) is 89.0 cm³/mol. The van der Waals surface area contributed by atoms with Gasteiger partial charge in [0, 0.05) is 16.8 Å². The van der Waals surface area contributed by atoms with Crippen molar-refractivity contribution in [3.05, 3.63) is 59.7 Å². The summed E-state index contributed by atoms with van der Waals surface area (Å²) in [5, 5.41) is 3.06. The van der Waals surface area contributed by atoms with E-state index < -0.39 is 0 Å². The molecule has 2 rings (SSSR count). The van der Waals surface area contributed by atoms with Crippen molar-refractivity contribution >= 4 is 11.6 Å². The number of amides is 1. The van der Waals surface area contributed by atoms with E-state index in [9.17, 15) is 4.79 Å². The van der Waals surface area contributed by atoms with E-state index in [2.05, 4.69) is 5.32 Å². The third kappa shape index (κ3) is 3.79. The molecule has 2 aromatic rings. The van der Waals surface area contributed by atoms with Crippen molar-refractivity contribution < 1.29 is 9.53 Å². The fourth-order valence-electron chi connectivity index (χ4n) is 2.33. The zero-order chi connectivity index (χ0) is 15.9. The largest absolute Gasteiger partial charge is 0.494 e. The van der Waals surface area contributed by atoms with Crippen molar-refractivity contribution in [2.75, 3.05) is 12.3 Å². The third-order valence-electron chi connectivity index (χ3n) is 3.48. The van der Waals surface area contributed by atoms with Crippen LogP contribution in [0.1, 0.15) is 42.2 Å². The van der Waals surface area contributed by atoms with E-state index in [4.69, 9.17) is 10.5 Å². The highest BCUT2D eigenvalue weighted by Crippen LogP contribution is 2.27. The maximum atomic E-state index is 12.4. The number of para-hydroxylation sites is 1. The molecule has 0 heterocycles. The number of hydrogen-bond acceptors (Lipinski definition) is 3. The quantitative estimate of drug-likeness (QED) is 0.802. The fourth-order valence-corrected chi connectivity index (χ4v) is 2.33. The van der Waals surface area contributed by atoms with Gasteiger partial charge in [0.25, 0.3) is 5.91 Å². The summed E-state index contributed by atoms with van der Waals surface area (Å²) in [5.41, 5.74) is 7.89. The first-order valence-corrected chi connectivity index (χ1v) is 7.53. The van der Waals surface area contributed by atoms with E-state index in [0.717, 1.165) is 17.7 Å². The molecule has 4 heteroatoms. The molecule has 22 heavy (non-hydrogen) atoms. The monoisotopic (exact) mass is 298 g/mol. The summed E-state index contributed by atoms with van der Waals surface area (Å²) >= 11 is 0. The van der Waals surface area contributed by atoms with Crippen molar-refractivity contribution in [2.45, 2.75) is 26.3 Å². The summed E-state index contributed by atoms with van der Waals surface area (Å²) < 4.78 is 5.65. The predicted octanol–water partition coefficient (Wildman–Crippen LogP) is 3.55. The van der Waals surface area contributed by atoms with E-state index in [1.54, 1.807) is 24.3 Å². The van der Waals surface area contributed by atoms with Crippen LogP contribution in [0, 0.1) is 0 Å². The Labute approximate surface area is 131 Å². The number of nitrogen functional groups attached to an aromatic ring is 1. The van der Waals surface area contributed by atoms with Crippen LogP contribution in [-0.4, -0.2) is 12.5 Å². The smallest absolute Gasteiger partial charge is 0.251 e. The molecule has 0 aliphatic rings. The standard InChI is InChI=1S/C18H22N2O2/c1-3-16(15-7-5-6-8-17(15)22-4-2)20-18(21)13-9-11-14(19)12-10-13/h5-12,16H,3-4,19H2,1-2H3,(H,20,21). The number of nitrogens with two attached hydrogens (primary N) is 1. The van der Waals surface area contributed by atoms with Gasteiger partial charge >= 0.3 is 0 Å². The number of benzene rings is 2. The topological polar surface area (TPSA) is 64.3 Å². The number of ether oxygens (including phenoxy) is 1. The molecule has 116 valence electrons. The Bertz CT molecular complexity index is 623. The summed E-state index contributed by atoms with van der Waals surface area (Å²) in [5.74, 6) is 0.701. The van der Waals surface area contributed by atoms with Crippen molar-refractivity contribution in [2.24, 2.45) is 0 Å². The molecule has 0 aliphatic carbocycles. The van der Waals surface area contributed by atoms with Crippen molar-refractivity contribution in [1.82, 2.24) is 5.32 Å². The van der Waals surface area contributed by atoms with Gasteiger partial charge in [0.05, 0.1) is 12.6 Å². The van der Waals surface area contributed by atoms with Crippen molar-refractivity contribution in [1.29, 1.82) is 0 Å². The molecule has 0 bridgehead atoms. The normalized spacial score (nSPS) is 11.7. The van der Waals surface area contributed by atoms with Gasteiger partial charge in [-0.25, -0.2) is 0 Å². The Balaban J connectivity index is 2.18. The van der Waals surface area contributed by atoms with E-state index in [-0.39, 0.29) is 11.9 Å². The van der Waals surface area contributed by atoms with E-state index in [0.29, 0.717) is 17.9 Å². The Morgan fingerprint density at radius 1 is 1.14 bits per heavy atom. The lowest BCUT2D eigenvalue weighted by Gasteiger charge is -2.20. The molecular weight excluding hydrogens is 276 g/mol. The lowest BCUT2D eigenvalue weighted by atomic mass is 10.0. The van der Waals surface area contributed by atoms with E-state index >= 15 is 0 Å². The molecule has 1 atom stereocenters. The van der Waals surface area contributed by atoms with Crippen LogP contribution >= 0.6 is 0 Å². The average Bonchev–Trinajstić information content (AvgIpc) is 2.54. The second-order valence-corrected chi connectivity index (χ2v) is 5.03. The summed E-state index contributed by atoms with van der Waals surface area (Å²) in [6.07, 6.45) is 0.783. The zero-order valence-corrected chi connectivity index (χ0v) is 13.0. The molecule has 0 saturated carbocycles. The van der Waals surface area contributed by atoms with Gasteiger partial charge in [0.15, 0.2) is 0 Å². The SMILES string of the molecule is CCOc1ccccc1C(CC)NC(=O)c1ccc(N)cc1. The molecule has 0 aliphatic heterocycles. The lowest BCUT2D eigenvalue weighted by molar-refractivity contribution is 0.0935. The average molecular weight is 298 g/mol. The first kappa shape index (κ1) is 15.9. The molecular formula is C18H22N2O2. The highest BCUT2D eigenvalue weighted by Gasteiger charge is 2.17. The first-order valence-electron chi connectivity index (χ1n) is 7.53. The van der Waals surface area contributed by atoms with Crippen molar-refractivity contribution in [3.8, 4) is 5.75 Å². The van der Waals surface area contributed by atoms with Crippen LogP contribution in [-0.2, 0) is 0 Å². The maximum absolute atomic E-state index is 12.4. The van der Waals surface area contributed by atoms with Crippen molar-refractivity contribution in [3.63, 3.8) is 0 Å². The molecule has 0 saturated heterocycles. The Hall–Kier alpha value is -2.49. The molecule has 1 amide bonds. The third-order valence-corrected chi connectivity index (χ3v) is 3.48. The van der Waals surface area contributed by atoms with Crippen LogP contribution in [0.5, 0.6) is 5.75 Å². The number of anilines is 1. The van der Waals surface area contributed by atoms with Crippen LogP contribution in [0.2, 0.25) is 0 Å². The minimum atomic E-state index is -0.113. The molecule has 3 N–H and O–H groups in total. The second-order valence-electron chi connectivity index (χ2n) is 5.03. The summed E-state index contributed by atoms with van der Waals surface area (Å²) in [6, 6.07) is 14.6. The van der Waals surface area contributed by atoms with Crippen LogP contribution in [0.4, 0.5) is 5.69 Å². The summed E-state index contributed by atoms with van der Waals surface area (Å²) in [4.78, 5) is 12.4. The van der Waals surface area contributed by atoms with Crippen LogP contribution in [0.15, 0.2) is 48.5 Å². The van der Waals surface area contributed by atoms with Gasteiger partial charge in [0.1, 0.15) is 5.75 Å². The number of hydrogen-bond donors (Lipinski definition) is 2. The van der Waals surface area contributed by atoms with Gasteiger partial charge in [-0.05, 0) is 43.7 Å². The zero-order valence-electron chi connectivity index (χ0n) is 13.0. The number of rotatable bonds is 6. The molecule has 0 fully saturated rings. The number of carbonyl (C=O) groups excluding carboxylic acids is 1. The Morgan fingerprint density at radius 3 is 2.45 bits per heavy atom. The Morgan fingerprint density at radius 2 is 1.82 bits per heavy atom. The van der Waals surface area contributed by atoms with Crippen LogP contribution in [0.25, 0.3) is 0 Å². The Kier molecular flexibility index (Phi) is 5.42. The van der Waals surface area contributed by atoms with E-state index in [1.807, 2.05) is 38.1 Å². The lowest BCUT2D eigenvalue weighted by Crippen LogP contribution is -2.28. The fraction of sp³-hybridized carbons (Fsp3) is 0.278. The van der Waals surface area contributed by atoms with Crippen LogP contribution in [0.3, 0.4) is 0 Å².